The molecular formula is C15H12ClN3O3. The summed E-state index contributed by atoms with van der Waals surface area (Å²) in [4.78, 5) is 10.3. The molecule has 0 aromatic heterocycles. The molecule has 7 heteroatoms. The molecule has 0 bridgehead atoms. The van der Waals surface area contributed by atoms with Gasteiger partial charge in [-0.2, -0.15) is 5.26 Å². The van der Waals surface area contributed by atoms with Crippen molar-refractivity contribution in [3.8, 4) is 11.8 Å². The smallest absolute Gasteiger partial charge is 0.289 e. The SMILES string of the molecule is N#Cc1ccc(OCCNc2ccc(Cl)c([N+](=O)[O-])c2)cc1. The molecule has 0 atom stereocenters. The van der Waals surface area contributed by atoms with Crippen molar-refractivity contribution < 1.29 is 9.66 Å². The van der Waals surface area contributed by atoms with Gasteiger partial charge in [-0.05, 0) is 36.4 Å². The van der Waals surface area contributed by atoms with Crippen LogP contribution in [0.15, 0.2) is 42.5 Å². The van der Waals surface area contributed by atoms with Gasteiger partial charge >= 0.3 is 0 Å². The Bertz CT molecular complexity index is 711. The molecule has 0 saturated carbocycles. The number of nitriles is 1. The van der Waals surface area contributed by atoms with Gasteiger partial charge in [0.15, 0.2) is 0 Å². The molecule has 0 heterocycles. The van der Waals surface area contributed by atoms with E-state index in [4.69, 9.17) is 21.6 Å². The molecule has 0 saturated heterocycles. The molecule has 0 radical (unpaired) electrons. The molecule has 0 unspecified atom stereocenters. The van der Waals surface area contributed by atoms with Crippen molar-refractivity contribution in [2.45, 2.75) is 0 Å². The average Bonchev–Trinajstić information content (AvgIpc) is 2.53. The van der Waals surface area contributed by atoms with Crippen LogP contribution in [0.2, 0.25) is 5.02 Å². The maximum atomic E-state index is 10.8. The van der Waals surface area contributed by atoms with Crippen LogP contribution in [0.4, 0.5) is 11.4 Å². The first kappa shape index (κ1) is 15.6. The highest BCUT2D eigenvalue weighted by Crippen LogP contribution is 2.27. The van der Waals surface area contributed by atoms with Crippen molar-refractivity contribution in [2.75, 3.05) is 18.5 Å². The number of hydrogen-bond donors (Lipinski definition) is 1. The number of anilines is 1. The second-order valence-corrected chi connectivity index (χ2v) is 4.74. The lowest BCUT2D eigenvalue weighted by atomic mass is 10.2. The molecule has 0 aliphatic rings. The average molecular weight is 318 g/mol. The van der Waals surface area contributed by atoms with E-state index in [2.05, 4.69) is 5.32 Å². The number of nitrogens with one attached hydrogen (secondary N) is 1. The normalized spacial score (nSPS) is 9.82. The zero-order valence-corrected chi connectivity index (χ0v) is 12.2. The molecule has 2 aromatic carbocycles. The predicted octanol–water partition coefficient (Wildman–Crippen LogP) is 3.61. The van der Waals surface area contributed by atoms with E-state index in [1.165, 1.54) is 12.1 Å². The maximum Gasteiger partial charge on any atom is 0.289 e. The third-order valence-corrected chi connectivity index (χ3v) is 3.15. The van der Waals surface area contributed by atoms with E-state index in [0.717, 1.165) is 0 Å². The molecule has 0 fully saturated rings. The number of halogens is 1. The van der Waals surface area contributed by atoms with E-state index in [1.54, 1.807) is 30.3 Å². The summed E-state index contributed by atoms with van der Waals surface area (Å²) in [7, 11) is 0. The standard InChI is InChI=1S/C15H12ClN3O3/c16-14-6-3-12(9-15(14)19(20)21)18-7-8-22-13-4-1-11(10-17)2-5-13/h1-6,9,18H,7-8H2. The van der Waals surface area contributed by atoms with Gasteiger partial charge in [0.2, 0.25) is 0 Å². The van der Waals surface area contributed by atoms with Crippen molar-refractivity contribution in [3.63, 3.8) is 0 Å². The van der Waals surface area contributed by atoms with Crippen LogP contribution in [0.1, 0.15) is 5.56 Å². The van der Waals surface area contributed by atoms with Gasteiger partial charge in [0.05, 0.1) is 16.6 Å². The second-order valence-electron chi connectivity index (χ2n) is 4.33. The van der Waals surface area contributed by atoms with Crippen molar-refractivity contribution in [3.05, 3.63) is 63.2 Å². The Morgan fingerprint density at radius 2 is 2.00 bits per heavy atom. The van der Waals surface area contributed by atoms with Crippen LogP contribution >= 0.6 is 11.6 Å². The predicted molar refractivity (Wildman–Crippen MR) is 83.2 cm³/mol. The first-order chi connectivity index (χ1) is 10.6. The Balaban J connectivity index is 1.85. The summed E-state index contributed by atoms with van der Waals surface area (Å²) in [6.07, 6.45) is 0. The van der Waals surface area contributed by atoms with Gasteiger partial charge in [0.1, 0.15) is 17.4 Å². The lowest BCUT2D eigenvalue weighted by Gasteiger charge is -2.09. The van der Waals surface area contributed by atoms with Gasteiger partial charge < -0.3 is 10.1 Å². The molecule has 2 aromatic rings. The van der Waals surface area contributed by atoms with Gasteiger partial charge in [-0.15, -0.1) is 0 Å². The van der Waals surface area contributed by atoms with Crippen LogP contribution in [0, 0.1) is 21.4 Å². The monoisotopic (exact) mass is 317 g/mol. The minimum Gasteiger partial charge on any atom is -0.492 e. The molecule has 0 amide bonds. The van der Waals surface area contributed by atoms with Crippen LogP contribution < -0.4 is 10.1 Å². The van der Waals surface area contributed by atoms with Crippen LogP contribution in [-0.4, -0.2) is 18.1 Å². The van der Waals surface area contributed by atoms with Crippen LogP contribution in [0.3, 0.4) is 0 Å². The fourth-order valence-electron chi connectivity index (χ4n) is 1.75. The molecule has 0 aliphatic carbocycles. The minimum absolute atomic E-state index is 0.101. The molecule has 1 N–H and O–H groups in total. The fourth-order valence-corrected chi connectivity index (χ4v) is 1.94. The summed E-state index contributed by atoms with van der Waals surface area (Å²) >= 11 is 5.74. The zero-order valence-electron chi connectivity index (χ0n) is 11.5. The van der Waals surface area contributed by atoms with Crippen LogP contribution in [0.5, 0.6) is 5.75 Å². The largest absolute Gasteiger partial charge is 0.492 e. The van der Waals surface area contributed by atoms with Crippen molar-refractivity contribution in [2.24, 2.45) is 0 Å². The second kappa shape index (κ2) is 7.29. The third kappa shape index (κ3) is 4.11. The third-order valence-electron chi connectivity index (χ3n) is 2.83. The summed E-state index contributed by atoms with van der Waals surface area (Å²) in [6, 6.07) is 13.3. The Kier molecular flexibility index (Phi) is 5.17. The Morgan fingerprint density at radius 1 is 1.27 bits per heavy atom. The van der Waals surface area contributed by atoms with Gasteiger partial charge in [-0.1, -0.05) is 11.6 Å². The van der Waals surface area contributed by atoms with Crippen LogP contribution in [0.25, 0.3) is 0 Å². The number of benzene rings is 2. The molecular weight excluding hydrogens is 306 g/mol. The molecule has 112 valence electrons. The first-order valence-electron chi connectivity index (χ1n) is 6.41. The van der Waals surface area contributed by atoms with E-state index in [9.17, 15) is 10.1 Å². The van der Waals surface area contributed by atoms with E-state index in [0.29, 0.717) is 30.2 Å². The van der Waals surface area contributed by atoms with E-state index < -0.39 is 4.92 Å². The number of ether oxygens (including phenoxy) is 1. The lowest BCUT2D eigenvalue weighted by Crippen LogP contribution is -2.11. The molecule has 0 spiro atoms. The number of nitro benzene ring substituents is 1. The first-order valence-corrected chi connectivity index (χ1v) is 6.79. The van der Waals surface area contributed by atoms with E-state index >= 15 is 0 Å². The zero-order chi connectivity index (χ0) is 15.9. The summed E-state index contributed by atoms with van der Waals surface area (Å²) in [6.45, 7) is 0.848. The number of nitro groups is 1. The van der Waals surface area contributed by atoms with E-state index in [1.807, 2.05) is 6.07 Å². The van der Waals surface area contributed by atoms with Gasteiger partial charge in [0.25, 0.3) is 5.69 Å². The Hall–Kier alpha value is -2.78. The summed E-state index contributed by atoms with van der Waals surface area (Å²) < 4.78 is 5.50. The van der Waals surface area contributed by atoms with Gasteiger partial charge in [-0.3, -0.25) is 10.1 Å². The topological polar surface area (TPSA) is 88.2 Å². The molecule has 22 heavy (non-hydrogen) atoms. The highest BCUT2D eigenvalue weighted by molar-refractivity contribution is 6.32. The maximum absolute atomic E-state index is 10.8. The van der Waals surface area contributed by atoms with Crippen molar-refractivity contribution in [1.29, 1.82) is 5.26 Å². The fraction of sp³-hybridized carbons (Fsp3) is 0.133. The lowest BCUT2D eigenvalue weighted by molar-refractivity contribution is -0.384. The van der Waals surface area contributed by atoms with Crippen molar-refractivity contribution >= 4 is 23.0 Å². The number of rotatable bonds is 6. The molecule has 6 nitrogen and oxygen atoms in total. The summed E-state index contributed by atoms with van der Waals surface area (Å²) in [5, 5.41) is 22.6. The summed E-state index contributed by atoms with van der Waals surface area (Å²) in [5.74, 6) is 0.655. The minimum atomic E-state index is -0.527. The molecule has 0 aliphatic heterocycles. The highest BCUT2D eigenvalue weighted by Gasteiger charge is 2.12. The summed E-state index contributed by atoms with van der Waals surface area (Å²) in [5.41, 5.74) is 1.03. The molecule has 2 rings (SSSR count). The van der Waals surface area contributed by atoms with Crippen LogP contribution in [-0.2, 0) is 0 Å². The Labute approximate surface area is 132 Å². The highest BCUT2D eigenvalue weighted by atomic mass is 35.5. The van der Waals surface area contributed by atoms with Crippen molar-refractivity contribution in [1.82, 2.24) is 0 Å². The quantitative estimate of drug-likeness (QED) is 0.499. The van der Waals surface area contributed by atoms with E-state index in [-0.39, 0.29) is 10.7 Å². The Morgan fingerprint density at radius 3 is 2.64 bits per heavy atom. The number of nitrogens with zero attached hydrogens (tertiary/aromatic N) is 2. The van der Waals surface area contributed by atoms with Gasteiger partial charge in [-0.25, -0.2) is 0 Å². The number of hydrogen-bond acceptors (Lipinski definition) is 5. The van der Waals surface area contributed by atoms with Gasteiger partial charge in [0, 0.05) is 18.3 Å².